The van der Waals surface area contributed by atoms with E-state index < -0.39 is 50.7 Å². The van der Waals surface area contributed by atoms with E-state index in [9.17, 15) is 29.7 Å². The van der Waals surface area contributed by atoms with E-state index in [2.05, 4.69) is 20.4 Å². The van der Waals surface area contributed by atoms with Gasteiger partial charge in [0.25, 0.3) is 0 Å². The molecule has 0 amide bonds. The molecule has 0 aromatic carbocycles. The second-order valence-electron chi connectivity index (χ2n) is 9.91. The summed E-state index contributed by atoms with van der Waals surface area (Å²) in [7, 11) is -4.94. The number of halogens is 1. The highest BCUT2D eigenvalue weighted by atomic mass is 35.5. The lowest BCUT2D eigenvalue weighted by Gasteiger charge is -2.38. The second-order valence-corrected chi connectivity index (χ2v) is 12.1. The molecule has 37 heavy (non-hydrogen) atoms. The van der Waals surface area contributed by atoms with E-state index in [1.807, 2.05) is 0 Å². The van der Waals surface area contributed by atoms with Gasteiger partial charge in [-0.2, -0.15) is 15.1 Å². The Hall–Kier alpha value is -1.45. The van der Waals surface area contributed by atoms with Crippen molar-refractivity contribution in [1.82, 2.24) is 19.7 Å². The summed E-state index contributed by atoms with van der Waals surface area (Å²) in [6, 6.07) is 0.251. The van der Waals surface area contributed by atoms with Gasteiger partial charge in [-0.05, 0) is 30.9 Å². The lowest BCUT2D eigenvalue weighted by atomic mass is 9.99. The van der Waals surface area contributed by atoms with Crippen LogP contribution in [-0.2, 0) is 18.8 Å². The van der Waals surface area contributed by atoms with Crippen molar-refractivity contribution >= 4 is 36.0 Å². The number of nitrogens with one attached hydrogen (secondary N) is 1. The Balaban J connectivity index is 1.35. The van der Waals surface area contributed by atoms with Crippen LogP contribution < -0.4 is 5.32 Å². The second kappa shape index (κ2) is 10.6. The van der Waals surface area contributed by atoms with Gasteiger partial charge in [-0.3, -0.25) is 4.57 Å². The first-order chi connectivity index (χ1) is 17.6. The lowest BCUT2D eigenvalue weighted by molar-refractivity contribution is -0.132. The van der Waals surface area contributed by atoms with Crippen LogP contribution in [0.5, 0.6) is 0 Å². The first-order valence-corrected chi connectivity index (χ1v) is 14.2. The van der Waals surface area contributed by atoms with E-state index in [0.717, 1.165) is 25.7 Å². The fourth-order valence-electron chi connectivity index (χ4n) is 5.08. The number of aliphatic hydroxyl groups is 3. The van der Waals surface area contributed by atoms with Crippen LogP contribution in [0.4, 0.5) is 5.82 Å². The standard InChI is InChI=1S/C21H31ClN5O9P/c22-20-25-17(24-12-3-1-2-4-12)13-6-23-27(18(13)26-20)19-16(30)15(29)14(36-19)9-35-21(10-28,37(31,32)33)5-11-7-34-8-11/h6,11-12,14-16,19,28-30H,1-5,7-10H2,(H,24,25,26)(H2,31,32,33)/t14-,15-,16-,19-,21?/m1/s1. The molecular formula is C21H31ClN5O9P. The number of aromatic nitrogens is 4. The van der Waals surface area contributed by atoms with Crippen molar-refractivity contribution in [3.05, 3.63) is 11.5 Å². The molecule has 1 aliphatic carbocycles. The van der Waals surface area contributed by atoms with Gasteiger partial charge >= 0.3 is 7.60 Å². The molecule has 2 aliphatic heterocycles. The number of ether oxygens (including phenoxy) is 3. The van der Waals surface area contributed by atoms with Crippen LogP contribution in [-0.4, -0.2) is 101 Å². The molecule has 1 unspecified atom stereocenters. The van der Waals surface area contributed by atoms with Crippen LogP contribution in [0, 0.1) is 5.92 Å². The van der Waals surface area contributed by atoms with Gasteiger partial charge < -0.3 is 44.6 Å². The highest BCUT2D eigenvalue weighted by molar-refractivity contribution is 7.53. The number of nitrogens with zero attached hydrogens (tertiary/aromatic N) is 4. The monoisotopic (exact) mass is 563 g/mol. The highest BCUT2D eigenvalue weighted by Crippen LogP contribution is 2.55. The smallest absolute Gasteiger partial charge is 0.359 e. The fourth-order valence-corrected chi connectivity index (χ4v) is 6.17. The van der Waals surface area contributed by atoms with Gasteiger partial charge in [-0.15, -0.1) is 0 Å². The van der Waals surface area contributed by atoms with E-state index in [4.69, 9.17) is 25.8 Å². The summed E-state index contributed by atoms with van der Waals surface area (Å²) >= 11 is 6.17. The van der Waals surface area contributed by atoms with E-state index in [1.165, 1.54) is 10.9 Å². The van der Waals surface area contributed by atoms with E-state index >= 15 is 0 Å². The van der Waals surface area contributed by atoms with Crippen molar-refractivity contribution in [3.63, 3.8) is 0 Å². The van der Waals surface area contributed by atoms with Crippen molar-refractivity contribution < 1.29 is 43.9 Å². The molecule has 206 valence electrons. The SMILES string of the molecule is O=P(O)(O)C(CO)(CC1COC1)OC[C@H]1O[C@@H](n2ncc3c(NC4CCCC4)nc(Cl)nc32)[C@H](O)[C@@H]1O. The zero-order valence-electron chi connectivity index (χ0n) is 19.9. The molecule has 2 aromatic heterocycles. The molecule has 2 aromatic rings. The largest absolute Gasteiger partial charge is 0.393 e. The van der Waals surface area contributed by atoms with Gasteiger partial charge in [0.15, 0.2) is 17.2 Å². The number of fused-ring (bicyclic) bond motifs is 1. The summed E-state index contributed by atoms with van der Waals surface area (Å²) in [5.41, 5.74) is 0.281. The Bertz CT molecular complexity index is 1160. The van der Waals surface area contributed by atoms with E-state index in [-0.39, 0.29) is 29.3 Å². The quantitative estimate of drug-likeness (QED) is 0.171. The topological polar surface area (TPSA) is 202 Å². The predicted molar refractivity (Wildman–Crippen MR) is 129 cm³/mol. The summed E-state index contributed by atoms with van der Waals surface area (Å²) in [5.74, 6) is 0.315. The molecule has 3 aliphatic rings. The molecule has 5 atom stereocenters. The zero-order valence-corrected chi connectivity index (χ0v) is 21.5. The Labute approximate surface area is 217 Å². The normalized spacial score (nSPS) is 29.0. The molecule has 1 saturated carbocycles. The number of hydrogen-bond donors (Lipinski definition) is 6. The maximum atomic E-state index is 12.3. The van der Waals surface area contributed by atoms with Crippen molar-refractivity contribution in [2.45, 2.75) is 68.0 Å². The van der Waals surface area contributed by atoms with Gasteiger partial charge in [-0.25, -0.2) is 4.68 Å². The average Bonchev–Trinajstić information content (AvgIpc) is 3.53. The highest BCUT2D eigenvalue weighted by Gasteiger charge is 2.52. The molecule has 3 fully saturated rings. The number of hydrogen-bond acceptors (Lipinski definition) is 11. The summed E-state index contributed by atoms with van der Waals surface area (Å²) in [6.07, 6.45) is 0.327. The summed E-state index contributed by atoms with van der Waals surface area (Å²) in [6.45, 7) is -0.859. The minimum Gasteiger partial charge on any atom is -0.393 e. The lowest BCUT2D eigenvalue weighted by Crippen LogP contribution is -2.45. The first-order valence-electron chi connectivity index (χ1n) is 12.2. The Morgan fingerprint density at radius 3 is 2.57 bits per heavy atom. The predicted octanol–water partition coefficient (Wildman–Crippen LogP) is 0.373. The Morgan fingerprint density at radius 2 is 1.95 bits per heavy atom. The maximum absolute atomic E-state index is 12.3. The fraction of sp³-hybridized carbons (Fsp3) is 0.762. The van der Waals surface area contributed by atoms with Crippen molar-refractivity contribution in [2.24, 2.45) is 5.92 Å². The van der Waals surface area contributed by atoms with Crippen LogP contribution in [0.3, 0.4) is 0 Å². The van der Waals surface area contributed by atoms with Crippen molar-refractivity contribution in [2.75, 3.05) is 31.7 Å². The van der Waals surface area contributed by atoms with E-state index in [1.54, 1.807) is 0 Å². The maximum Gasteiger partial charge on any atom is 0.359 e. The third kappa shape index (κ3) is 5.24. The third-order valence-corrected chi connectivity index (χ3v) is 8.99. The molecular weight excluding hydrogens is 533 g/mol. The molecule has 4 heterocycles. The zero-order chi connectivity index (χ0) is 26.4. The van der Waals surface area contributed by atoms with Crippen LogP contribution in [0.1, 0.15) is 38.3 Å². The van der Waals surface area contributed by atoms with Crippen LogP contribution in [0.25, 0.3) is 11.0 Å². The number of aliphatic hydroxyl groups excluding tert-OH is 3. The average molecular weight is 564 g/mol. The molecule has 6 N–H and O–H groups in total. The molecule has 2 saturated heterocycles. The van der Waals surface area contributed by atoms with Gasteiger partial charge in [0.05, 0.1) is 38.0 Å². The summed E-state index contributed by atoms with van der Waals surface area (Å²) in [4.78, 5) is 28.4. The van der Waals surface area contributed by atoms with Gasteiger partial charge in [-0.1, -0.05) is 12.8 Å². The Morgan fingerprint density at radius 1 is 1.22 bits per heavy atom. The van der Waals surface area contributed by atoms with Crippen LogP contribution in [0.15, 0.2) is 6.20 Å². The van der Waals surface area contributed by atoms with E-state index in [0.29, 0.717) is 24.4 Å². The third-order valence-electron chi connectivity index (χ3n) is 7.31. The van der Waals surface area contributed by atoms with Crippen LogP contribution >= 0.6 is 19.2 Å². The molecule has 0 radical (unpaired) electrons. The molecule has 16 heteroatoms. The number of anilines is 1. The Kier molecular flexibility index (Phi) is 7.78. The van der Waals surface area contributed by atoms with Crippen LogP contribution in [0.2, 0.25) is 5.28 Å². The minimum absolute atomic E-state index is 0.0305. The number of rotatable bonds is 10. The summed E-state index contributed by atoms with van der Waals surface area (Å²) < 4.78 is 30.0. The molecule has 0 bridgehead atoms. The van der Waals surface area contributed by atoms with Gasteiger partial charge in [0, 0.05) is 12.0 Å². The van der Waals surface area contributed by atoms with Gasteiger partial charge in [0.2, 0.25) is 5.28 Å². The molecule has 0 spiro atoms. The minimum atomic E-state index is -4.94. The first kappa shape index (κ1) is 27.1. The van der Waals surface area contributed by atoms with Crippen molar-refractivity contribution in [3.8, 4) is 0 Å². The van der Waals surface area contributed by atoms with Crippen molar-refractivity contribution in [1.29, 1.82) is 0 Å². The summed E-state index contributed by atoms with van der Waals surface area (Å²) in [5, 5.41) is 37.3. The molecule has 14 nitrogen and oxygen atoms in total. The molecule has 5 rings (SSSR count). The van der Waals surface area contributed by atoms with Gasteiger partial charge in [0.1, 0.15) is 24.1 Å².